The minimum absolute atomic E-state index is 0.113. The summed E-state index contributed by atoms with van der Waals surface area (Å²) in [6.07, 6.45) is 5.97. The summed E-state index contributed by atoms with van der Waals surface area (Å²) in [6, 6.07) is 95.8. The van der Waals surface area contributed by atoms with Gasteiger partial charge in [0.15, 0.2) is 0 Å². The minimum Gasteiger partial charge on any atom is -0.310 e. The lowest BCUT2D eigenvalue weighted by atomic mass is 9.67. The van der Waals surface area contributed by atoms with E-state index < -0.39 is 5.41 Å². The summed E-state index contributed by atoms with van der Waals surface area (Å²) in [5.41, 5.74) is 21.8. The van der Waals surface area contributed by atoms with Gasteiger partial charge < -0.3 is 4.90 Å². The summed E-state index contributed by atoms with van der Waals surface area (Å²) < 4.78 is 0. The first kappa shape index (κ1) is 42.3. The lowest BCUT2D eigenvalue weighted by molar-refractivity contribution is 0.353. The summed E-state index contributed by atoms with van der Waals surface area (Å²) in [6.45, 7) is 0. The van der Waals surface area contributed by atoms with Crippen molar-refractivity contribution in [3.63, 3.8) is 0 Å². The Morgan fingerprint density at radius 3 is 1.43 bits per heavy atom. The van der Waals surface area contributed by atoms with Gasteiger partial charge in [0.05, 0.1) is 16.8 Å². The maximum atomic E-state index is 2.73. The second-order valence-electron chi connectivity index (χ2n) is 22.1. The standard InChI is InChI=1S/C75H51N/c1-16-41-74(42-17-1)66-30-12-8-27-59(66)61-29-18-34-71(73(61)74)76(50-39-40-56-54-23-5-4-21-52(54)53-22-6-7-24-55(53)64(56)44-50)72-46-70-65(45-63(72)49-38-37-48-36-35-47-19-2-3-20-51(47)62(48)43-49)60-28-11-15-33-69(60)75(70)67-31-13-9-25-57(67)58-26-10-14-32-68(58)75/h2-15,18-40,43-46H,1,16-17,41-42H2. The predicted molar refractivity (Wildman–Crippen MR) is 320 cm³/mol. The molecule has 0 heterocycles. The van der Waals surface area contributed by atoms with Crippen LogP contribution in [-0.2, 0) is 10.8 Å². The molecule has 1 heteroatoms. The molecule has 13 aromatic carbocycles. The molecule has 0 radical (unpaired) electrons. The summed E-state index contributed by atoms with van der Waals surface area (Å²) in [5.74, 6) is 0. The zero-order valence-electron chi connectivity index (χ0n) is 42.2. The highest BCUT2D eigenvalue weighted by atomic mass is 15.2. The minimum atomic E-state index is -0.532. The van der Waals surface area contributed by atoms with E-state index in [1.807, 2.05) is 0 Å². The van der Waals surface area contributed by atoms with E-state index in [4.69, 9.17) is 0 Å². The molecule has 1 nitrogen and oxygen atoms in total. The SMILES string of the molecule is c1ccc2c(c1)-c1cccc(N(c3ccc4c5ccccc5c5ccccc5c4c3)c3cc4c(cc3-c3ccc5ccc6ccccc6c5c3)-c3ccccc3C43c4ccccc4-c4ccccc43)c1C21CCCCC1. The van der Waals surface area contributed by atoms with Crippen molar-refractivity contribution in [1.82, 2.24) is 0 Å². The molecule has 13 aromatic rings. The summed E-state index contributed by atoms with van der Waals surface area (Å²) >= 11 is 0. The first-order valence-corrected chi connectivity index (χ1v) is 27.5. The van der Waals surface area contributed by atoms with Crippen molar-refractivity contribution in [3.8, 4) is 44.5 Å². The maximum absolute atomic E-state index is 2.73. The molecule has 1 saturated carbocycles. The zero-order chi connectivity index (χ0) is 49.7. The van der Waals surface area contributed by atoms with Crippen LogP contribution < -0.4 is 4.90 Å². The van der Waals surface area contributed by atoms with E-state index in [-0.39, 0.29) is 5.41 Å². The van der Waals surface area contributed by atoms with Crippen molar-refractivity contribution in [2.45, 2.75) is 42.9 Å². The van der Waals surface area contributed by atoms with E-state index in [9.17, 15) is 0 Å². The molecule has 0 saturated heterocycles. The van der Waals surface area contributed by atoms with E-state index >= 15 is 0 Å². The fraction of sp³-hybridized carbons (Fsp3) is 0.0933. The molecule has 0 atom stereocenters. The third-order valence-electron chi connectivity index (χ3n) is 18.6. The molecule has 17 rings (SSSR count). The molecule has 0 N–H and O–H groups in total. The monoisotopic (exact) mass is 965 g/mol. The van der Waals surface area contributed by atoms with Crippen LogP contribution in [0.4, 0.5) is 17.1 Å². The van der Waals surface area contributed by atoms with Crippen molar-refractivity contribution in [1.29, 1.82) is 0 Å². The van der Waals surface area contributed by atoms with Crippen LogP contribution in [0.15, 0.2) is 249 Å². The second kappa shape index (κ2) is 15.7. The first-order chi connectivity index (χ1) is 37.7. The Morgan fingerprint density at radius 2 is 0.776 bits per heavy atom. The lowest BCUT2D eigenvalue weighted by Gasteiger charge is -2.40. The lowest BCUT2D eigenvalue weighted by Crippen LogP contribution is -2.30. The molecule has 4 aliphatic carbocycles. The van der Waals surface area contributed by atoms with Crippen LogP contribution >= 0.6 is 0 Å². The fourth-order valence-corrected chi connectivity index (χ4v) is 15.6. The maximum Gasteiger partial charge on any atom is 0.0726 e. The van der Waals surface area contributed by atoms with Crippen LogP contribution in [-0.4, -0.2) is 0 Å². The summed E-state index contributed by atoms with van der Waals surface area (Å²) in [5, 5.41) is 12.7. The molecule has 0 aromatic heterocycles. The topological polar surface area (TPSA) is 3.24 Å². The molecule has 1 fully saturated rings. The van der Waals surface area contributed by atoms with Gasteiger partial charge >= 0.3 is 0 Å². The van der Waals surface area contributed by atoms with Gasteiger partial charge in [0.1, 0.15) is 0 Å². The van der Waals surface area contributed by atoms with Crippen LogP contribution in [0.5, 0.6) is 0 Å². The molecule has 4 aliphatic rings. The molecule has 356 valence electrons. The Kier molecular flexibility index (Phi) is 8.77. The van der Waals surface area contributed by atoms with E-state index in [2.05, 4.69) is 254 Å². The van der Waals surface area contributed by atoms with Crippen molar-refractivity contribution in [3.05, 3.63) is 282 Å². The van der Waals surface area contributed by atoms with Crippen molar-refractivity contribution >= 4 is 70.9 Å². The van der Waals surface area contributed by atoms with E-state index in [1.165, 1.54) is 162 Å². The van der Waals surface area contributed by atoms with Gasteiger partial charge in [-0.1, -0.05) is 232 Å². The number of benzene rings is 13. The summed E-state index contributed by atoms with van der Waals surface area (Å²) in [4.78, 5) is 2.73. The highest BCUT2D eigenvalue weighted by molar-refractivity contribution is 6.26. The van der Waals surface area contributed by atoms with Gasteiger partial charge in [0, 0.05) is 16.7 Å². The average Bonchev–Trinajstić information content (AvgIpc) is 4.28. The Bertz CT molecular complexity index is 4560. The second-order valence-corrected chi connectivity index (χ2v) is 22.1. The Hall–Kier alpha value is -9.04. The zero-order valence-corrected chi connectivity index (χ0v) is 42.2. The van der Waals surface area contributed by atoms with E-state index in [1.54, 1.807) is 0 Å². The van der Waals surface area contributed by atoms with Crippen LogP contribution in [0.1, 0.15) is 65.5 Å². The van der Waals surface area contributed by atoms with Gasteiger partial charge in [-0.05, 0) is 175 Å². The molecule has 2 spiro atoms. The number of hydrogen-bond acceptors (Lipinski definition) is 1. The predicted octanol–water partition coefficient (Wildman–Crippen LogP) is 20.2. The Labute approximate surface area is 443 Å². The number of hydrogen-bond donors (Lipinski definition) is 0. The third-order valence-corrected chi connectivity index (χ3v) is 18.6. The van der Waals surface area contributed by atoms with Crippen molar-refractivity contribution < 1.29 is 0 Å². The molecule has 0 amide bonds. The smallest absolute Gasteiger partial charge is 0.0726 e. The fourth-order valence-electron chi connectivity index (χ4n) is 15.6. The highest BCUT2D eigenvalue weighted by Gasteiger charge is 2.52. The average molecular weight is 966 g/mol. The third kappa shape index (κ3) is 5.54. The van der Waals surface area contributed by atoms with E-state index in [0.717, 1.165) is 18.5 Å². The number of rotatable bonds is 4. The molecule has 0 aliphatic heterocycles. The van der Waals surface area contributed by atoms with Crippen molar-refractivity contribution in [2.24, 2.45) is 0 Å². The van der Waals surface area contributed by atoms with Crippen LogP contribution in [0.25, 0.3) is 98.4 Å². The Morgan fingerprint density at radius 1 is 0.276 bits per heavy atom. The van der Waals surface area contributed by atoms with Gasteiger partial charge in [-0.25, -0.2) is 0 Å². The molecule has 0 unspecified atom stereocenters. The van der Waals surface area contributed by atoms with Gasteiger partial charge in [0.25, 0.3) is 0 Å². The normalized spacial score (nSPS) is 15.1. The Balaban J connectivity index is 1.05. The van der Waals surface area contributed by atoms with Gasteiger partial charge in [-0.2, -0.15) is 0 Å². The number of nitrogens with zero attached hydrogens (tertiary/aromatic N) is 1. The first-order valence-electron chi connectivity index (χ1n) is 27.5. The quantitative estimate of drug-likeness (QED) is 0.159. The molecule has 76 heavy (non-hydrogen) atoms. The van der Waals surface area contributed by atoms with E-state index in [0.29, 0.717) is 0 Å². The number of fused-ring (bicyclic) bond motifs is 24. The van der Waals surface area contributed by atoms with Crippen LogP contribution in [0, 0.1) is 0 Å². The molecular formula is C75H51N. The summed E-state index contributed by atoms with van der Waals surface area (Å²) in [7, 11) is 0. The van der Waals surface area contributed by atoms with Gasteiger partial charge in [-0.3, -0.25) is 0 Å². The van der Waals surface area contributed by atoms with Gasteiger partial charge in [0.2, 0.25) is 0 Å². The molecule has 0 bridgehead atoms. The van der Waals surface area contributed by atoms with Gasteiger partial charge in [-0.15, -0.1) is 0 Å². The number of anilines is 3. The highest BCUT2D eigenvalue weighted by Crippen LogP contribution is 2.66. The van der Waals surface area contributed by atoms with Crippen LogP contribution in [0.3, 0.4) is 0 Å². The van der Waals surface area contributed by atoms with Crippen LogP contribution in [0.2, 0.25) is 0 Å². The molecular weight excluding hydrogens is 915 g/mol. The largest absolute Gasteiger partial charge is 0.310 e. The van der Waals surface area contributed by atoms with Crippen molar-refractivity contribution in [2.75, 3.05) is 4.90 Å².